The van der Waals surface area contributed by atoms with Crippen molar-refractivity contribution in [1.82, 2.24) is 0 Å². The quantitative estimate of drug-likeness (QED) is 0.0499. The molecule has 0 spiro atoms. The van der Waals surface area contributed by atoms with Crippen LogP contribution in [0.1, 0.15) is 137 Å². The molecule has 0 unspecified atom stereocenters. The zero-order valence-electron chi connectivity index (χ0n) is 39.9. The molecule has 9 N–H and O–H groups in total. The third-order valence-electron chi connectivity index (χ3n) is 13.0. The van der Waals surface area contributed by atoms with Gasteiger partial charge in [0.05, 0.1) is 19.6 Å². The average molecular weight is 874 g/mol. The van der Waals surface area contributed by atoms with Gasteiger partial charge in [0.1, 0.15) is 28.8 Å². The van der Waals surface area contributed by atoms with Gasteiger partial charge < -0.3 is 32.5 Å². The van der Waals surface area contributed by atoms with Crippen molar-refractivity contribution in [3.63, 3.8) is 0 Å². The lowest BCUT2D eigenvalue weighted by atomic mass is 9.73. The molecular formula is C52H79N3O8. The summed E-state index contributed by atoms with van der Waals surface area (Å²) >= 11 is 0. The standard InChI is InChI=1S/C20H31NO3.C19H29NO3.C13H19NO2/c1-5-11-19(2,3)17(23)10-12-20(4,18(24)14-21)13-15-6-8-16(22)9-7-15;1-5-18(2,3)16(22)10-11-19(4,17(23)13-20)12-14-6-8-15(21)9-7-14;1-3-13(2,12(16)9-14)8-10-4-6-11(15)7-5-10/h6-9,22H,5,10-14,21H2,1-4H3;6-9,21H,5,10-13,20H2,1-4H3;4-7,15H,3,8-9,14H2,1-2H3/t20-;19-;13-/m000/s1. The molecule has 3 rings (SSSR count). The predicted molar refractivity (Wildman–Crippen MR) is 253 cm³/mol. The van der Waals surface area contributed by atoms with Crippen LogP contribution in [0.5, 0.6) is 17.2 Å². The van der Waals surface area contributed by atoms with E-state index in [1.54, 1.807) is 60.7 Å². The van der Waals surface area contributed by atoms with Crippen LogP contribution in [-0.4, -0.2) is 63.9 Å². The summed E-state index contributed by atoms with van der Waals surface area (Å²) in [6, 6.07) is 20.6. The Labute approximate surface area is 377 Å². The number of hydrogen-bond acceptors (Lipinski definition) is 11. The summed E-state index contributed by atoms with van der Waals surface area (Å²) in [5.74, 6) is 1.04. The topological polar surface area (TPSA) is 224 Å². The minimum absolute atomic E-state index is 0.0267. The maximum Gasteiger partial charge on any atom is 0.152 e. The fourth-order valence-corrected chi connectivity index (χ4v) is 7.42. The predicted octanol–water partition coefficient (Wildman–Crippen LogP) is 8.78. The molecule has 11 nitrogen and oxygen atoms in total. The van der Waals surface area contributed by atoms with Crippen LogP contribution in [-0.2, 0) is 43.2 Å². The molecule has 0 saturated carbocycles. The van der Waals surface area contributed by atoms with E-state index in [0.717, 1.165) is 42.4 Å². The molecule has 0 aromatic heterocycles. The molecule has 0 radical (unpaired) electrons. The second-order valence-corrected chi connectivity index (χ2v) is 19.2. The number of phenolic OH excluding ortho intramolecular Hbond substituents is 3. The first-order valence-electron chi connectivity index (χ1n) is 22.4. The first kappa shape index (κ1) is 56.3. The molecule has 0 amide bonds. The number of ketones is 5. The Balaban J connectivity index is 0.000000482. The summed E-state index contributed by atoms with van der Waals surface area (Å²) in [6.07, 6.45) is 6.82. The van der Waals surface area contributed by atoms with E-state index < -0.39 is 16.2 Å². The zero-order valence-corrected chi connectivity index (χ0v) is 39.9. The van der Waals surface area contributed by atoms with Gasteiger partial charge in [-0.3, -0.25) is 24.0 Å². The number of carbonyl (C=O) groups excluding carboxylic acids is 5. The summed E-state index contributed by atoms with van der Waals surface area (Å²) in [6.45, 7) is 19.6. The molecule has 0 saturated heterocycles. The van der Waals surface area contributed by atoms with Crippen molar-refractivity contribution in [3.05, 3.63) is 89.5 Å². The van der Waals surface area contributed by atoms with Gasteiger partial charge in [0.25, 0.3) is 0 Å². The van der Waals surface area contributed by atoms with Crippen LogP contribution >= 0.6 is 0 Å². The van der Waals surface area contributed by atoms with E-state index in [4.69, 9.17) is 17.2 Å². The van der Waals surface area contributed by atoms with Gasteiger partial charge in [-0.05, 0) is 104 Å². The summed E-state index contributed by atoms with van der Waals surface area (Å²) in [5.41, 5.74) is 17.1. The SMILES string of the molecule is CCC(C)(C)C(=O)CC[C@@](C)(Cc1ccc(O)cc1)C(=O)CN.CCCC(C)(C)C(=O)CC[C@@](C)(Cc1ccc(O)cc1)C(=O)CN.CC[C@@](C)(Cc1ccc(O)cc1)C(=O)CN. The Kier molecular flexibility index (Phi) is 22.8. The highest BCUT2D eigenvalue weighted by atomic mass is 16.3. The first-order valence-corrected chi connectivity index (χ1v) is 22.4. The molecule has 0 fully saturated rings. The highest BCUT2D eigenvalue weighted by molar-refractivity contribution is 5.89. The number of carbonyl (C=O) groups is 5. The lowest BCUT2D eigenvalue weighted by molar-refractivity contribution is -0.131. The largest absolute Gasteiger partial charge is 0.508 e. The second kappa shape index (κ2) is 25.5. The van der Waals surface area contributed by atoms with Crippen molar-refractivity contribution in [2.75, 3.05) is 19.6 Å². The zero-order chi connectivity index (χ0) is 48.2. The van der Waals surface area contributed by atoms with E-state index in [2.05, 4.69) is 6.92 Å². The summed E-state index contributed by atoms with van der Waals surface area (Å²) < 4.78 is 0. The van der Waals surface area contributed by atoms with Crippen LogP contribution < -0.4 is 17.2 Å². The first-order chi connectivity index (χ1) is 29.3. The van der Waals surface area contributed by atoms with E-state index in [9.17, 15) is 39.3 Å². The molecule has 0 bridgehead atoms. The Hall–Kier alpha value is -4.71. The second-order valence-electron chi connectivity index (χ2n) is 19.2. The maximum absolute atomic E-state index is 12.5. The number of hydrogen-bond donors (Lipinski definition) is 6. The fourth-order valence-electron chi connectivity index (χ4n) is 7.42. The van der Waals surface area contributed by atoms with Gasteiger partial charge in [-0.2, -0.15) is 0 Å². The van der Waals surface area contributed by atoms with Gasteiger partial charge >= 0.3 is 0 Å². The van der Waals surface area contributed by atoms with Crippen molar-refractivity contribution >= 4 is 28.9 Å². The lowest BCUT2D eigenvalue weighted by Gasteiger charge is -2.30. The molecule has 0 aliphatic carbocycles. The summed E-state index contributed by atoms with van der Waals surface area (Å²) in [5, 5.41) is 27.9. The van der Waals surface area contributed by atoms with Crippen LogP contribution in [0.25, 0.3) is 0 Å². The minimum Gasteiger partial charge on any atom is -0.508 e. The van der Waals surface area contributed by atoms with Gasteiger partial charge in [0, 0.05) is 39.9 Å². The average Bonchev–Trinajstić information content (AvgIpc) is 3.26. The minimum atomic E-state index is -0.663. The normalized spacial score (nSPS) is 14.3. The van der Waals surface area contributed by atoms with E-state index in [-0.39, 0.29) is 76.6 Å². The van der Waals surface area contributed by atoms with Gasteiger partial charge in [-0.15, -0.1) is 0 Å². The Morgan fingerprint density at radius 1 is 0.413 bits per heavy atom. The van der Waals surface area contributed by atoms with Gasteiger partial charge in [0.15, 0.2) is 17.3 Å². The number of aromatic hydroxyl groups is 3. The van der Waals surface area contributed by atoms with Crippen molar-refractivity contribution in [2.24, 2.45) is 44.3 Å². The van der Waals surface area contributed by atoms with Crippen LogP contribution in [0.3, 0.4) is 0 Å². The van der Waals surface area contributed by atoms with Crippen LogP contribution in [0.2, 0.25) is 0 Å². The third-order valence-corrected chi connectivity index (χ3v) is 13.0. The van der Waals surface area contributed by atoms with E-state index >= 15 is 0 Å². The summed E-state index contributed by atoms with van der Waals surface area (Å²) in [7, 11) is 0. The third kappa shape index (κ3) is 18.1. The van der Waals surface area contributed by atoms with Crippen molar-refractivity contribution in [3.8, 4) is 17.2 Å². The van der Waals surface area contributed by atoms with Gasteiger partial charge in [0.2, 0.25) is 0 Å². The van der Waals surface area contributed by atoms with Gasteiger partial charge in [-0.1, -0.05) is 112 Å². The smallest absolute Gasteiger partial charge is 0.152 e. The number of rotatable bonds is 24. The highest BCUT2D eigenvalue weighted by Crippen LogP contribution is 2.35. The van der Waals surface area contributed by atoms with Crippen LogP contribution in [0.4, 0.5) is 0 Å². The molecular weight excluding hydrogens is 795 g/mol. The van der Waals surface area contributed by atoms with Crippen LogP contribution in [0, 0.1) is 27.1 Å². The molecule has 3 atom stereocenters. The molecule has 3 aromatic carbocycles. The summed E-state index contributed by atoms with van der Waals surface area (Å²) in [4.78, 5) is 61.4. The molecule has 350 valence electrons. The Bertz CT molecular complexity index is 1910. The van der Waals surface area contributed by atoms with Crippen molar-refractivity contribution in [2.45, 2.75) is 140 Å². The highest BCUT2D eigenvalue weighted by Gasteiger charge is 2.36. The van der Waals surface area contributed by atoms with E-state index in [1.165, 1.54) is 0 Å². The van der Waals surface area contributed by atoms with Crippen molar-refractivity contribution < 1.29 is 39.3 Å². The number of nitrogens with two attached hydrogens (primary N) is 3. The molecule has 0 aliphatic rings. The Morgan fingerprint density at radius 3 is 0.968 bits per heavy atom. The van der Waals surface area contributed by atoms with Gasteiger partial charge in [-0.25, -0.2) is 0 Å². The van der Waals surface area contributed by atoms with E-state index in [0.29, 0.717) is 44.9 Å². The molecule has 0 heterocycles. The fraction of sp³-hybridized carbons (Fsp3) is 0.558. The number of Topliss-reactive ketones (excluding diaryl/α,β-unsaturated/α-hetero) is 5. The number of phenols is 3. The van der Waals surface area contributed by atoms with E-state index in [1.807, 2.05) is 74.4 Å². The maximum atomic E-state index is 12.5. The Morgan fingerprint density at radius 2 is 0.698 bits per heavy atom. The van der Waals surface area contributed by atoms with Crippen molar-refractivity contribution in [1.29, 1.82) is 0 Å². The molecule has 3 aromatic rings. The molecule has 63 heavy (non-hydrogen) atoms. The monoisotopic (exact) mass is 874 g/mol. The lowest BCUT2D eigenvalue weighted by Crippen LogP contribution is -2.37. The van der Waals surface area contributed by atoms with Crippen LogP contribution in [0.15, 0.2) is 72.8 Å². The molecule has 0 aliphatic heterocycles. The molecule has 11 heteroatoms. The number of benzene rings is 3.